The lowest BCUT2D eigenvalue weighted by Crippen LogP contribution is -2.25. The molecule has 7 nitrogen and oxygen atoms in total. The highest BCUT2D eigenvalue weighted by Crippen LogP contribution is 2.31. The molecule has 0 fully saturated rings. The number of halogens is 2. The first-order valence-electron chi connectivity index (χ1n) is 9.38. The largest absolute Gasteiger partial charge is 0.464 e. The van der Waals surface area contributed by atoms with E-state index in [1.807, 2.05) is 0 Å². The van der Waals surface area contributed by atoms with Crippen LogP contribution in [-0.4, -0.2) is 32.0 Å². The number of nitrogens with one attached hydrogen (secondary N) is 1. The van der Waals surface area contributed by atoms with Crippen LogP contribution < -0.4 is 9.46 Å². The average molecular weight is 504 g/mol. The lowest BCUT2D eigenvalue weighted by molar-refractivity contribution is 0.175. The van der Waals surface area contributed by atoms with Crippen molar-refractivity contribution in [2.45, 2.75) is 45.4 Å². The van der Waals surface area contributed by atoms with E-state index in [0.29, 0.717) is 23.0 Å². The predicted molar refractivity (Wildman–Crippen MR) is 121 cm³/mol. The van der Waals surface area contributed by atoms with E-state index in [1.165, 1.54) is 23.6 Å². The molecule has 0 saturated carbocycles. The van der Waals surface area contributed by atoms with Gasteiger partial charge in [-0.3, -0.25) is 0 Å². The predicted octanol–water partition coefficient (Wildman–Crippen LogP) is 7.00. The molecule has 0 aliphatic rings. The molecule has 1 aromatic heterocycles. The third-order valence-corrected chi connectivity index (χ3v) is 5.52. The Morgan fingerprint density at radius 1 is 1.24 bits per heavy atom. The number of aromatic nitrogens is 2. The second-order valence-electron chi connectivity index (χ2n) is 6.28. The van der Waals surface area contributed by atoms with Gasteiger partial charge in [0.2, 0.25) is 0 Å². The number of rotatable bonds is 12. The quantitative estimate of drug-likeness (QED) is 0.238. The average Bonchev–Trinajstić information content (AvgIpc) is 2.70. The number of benzene rings is 1. The molecule has 29 heavy (non-hydrogen) atoms. The van der Waals surface area contributed by atoms with Crippen molar-refractivity contribution >= 4 is 51.4 Å². The normalized spacial score (nSPS) is 10.6. The van der Waals surface area contributed by atoms with Gasteiger partial charge in [0.15, 0.2) is 0 Å². The number of hydrogen-bond donors (Lipinski definition) is 2. The van der Waals surface area contributed by atoms with Crippen molar-refractivity contribution in [3.8, 4) is 11.8 Å². The first kappa shape index (κ1) is 23.6. The number of nitrogens with zero attached hydrogens (tertiary/aromatic N) is 3. The van der Waals surface area contributed by atoms with Crippen LogP contribution >= 0.6 is 39.7 Å². The van der Waals surface area contributed by atoms with Crippen molar-refractivity contribution in [1.29, 1.82) is 0 Å². The molecular formula is C19H24BrClN4O3S. The molecule has 0 saturated heterocycles. The maximum absolute atomic E-state index is 11.4. The summed E-state index contributed by atoms with van der Waals surface area (Å²) in [5.41, 5.74) is 0.665. The summed E-state index contributed by atoms with van der Waals surface area (Å²) in [6, 6.07) is 5.27. The fraction of sp³-hybridized carbons (Fsp3) is 0.421. The molecule has 0 aliphatic carbocycles. The summed E-state index contributed by atoms with van der Waals surface area (Å²) in [5.74, 6) is 0.409. The van der Waals surface area contributed by atoms with Gasteiger partial charge in [0, 0.05) is 24.6 Å². The van der Waals surface area contributed by atoms with Gasteiger partial charge >= 0.3 is 12.1 Å². The highest BCUT2D eigenvalue weighted by molar-refractivity contribution is 9.10. The van der Waals surface area contributed by atoms with Gasteiger partial charge in [-0.1, -0.05) is 50.6 Å². The standard InChI is InChI=1S/C19H24BrClN4O3S/c1-2-3-4-5-6-7-10-25(19(26)27)29-24-15-8-9-17(16(21)11-15)28-18-22-12-14(20)13-23-18/h8-9,11-13,24H,2-7,10H2,1H3,(H,26,27). The van der Waals surface area contributed by atoms with E-state index in [0.717, 1.165) is 35.9 Å². The Kier molecular flexibility index (Phi) is 10.4. The van der Waals surface area contributed by atoms with Crippen LogP contribution in [0.15, 0.2) is 35.1 Å². The Labute approximate surface area is 188 Å². The molecule has 0 unspecified atom stereocenters. The van der Waals surface area contributed by atoms with Crippen LogP contribution in [0, 0.1) is 0 Å². The van der Waals surface area contributed by atoms with Crippen molar-refractivity contribution in [2.75, 3.05) is 11.3 Å². The SMILES string of the molecule is CCCCCCCCN(SNc1ccc(Oc2ncc(Br)cn2)c(Cl)c1)C(=O)O. The topological polar surface area (TPSA) is 87.6 Å². The molecule has 2 aromatic rings. The number of carboxylic acid groups (broad SMARTS) is 1. The van der Waals surface area contributed by atoms with Gasteiger partial charge in [0.05, 0.1) is 21.6 Å². The van der Waals surface area contributed by atoms with Crippen LogP contribution in [0.25, 0.3) is 0 Å². The zero-order chi connectivity index (χ0) is 21.1. The Morgan fingerprint density at radius 2 is 1.93 bits per heavy atom. The Morgan fingerprint density at radius 3 is 2.59 bits per heavy atom. The Balaban J connectivity index is 1.84. The van der Waals surface area contributed by atoms with Crippen LogP contribution in [0.1, 0.15) is 45.4 Å². The Bertz CT molecular complexity index is 783. The van der Waals surface area contributed by atoms with E-state index in [1.54, 1.807) is 30.6 Å². The van der Waals surface area contributed by atoms with Gasteiger partial charge in [-0.15, -0.1) is 0 Å². The molecule has 2 rings (SSSR count). The molecule has 1 amide bonds. The highest BCUT2D eigenvalue weighted by Gasteiger charge is 2.13. The summed E-state index contributed by atoms with van der Waals surface area (Å²) in [6.45, 7) is 2.64. The van der Waals surface area contributed by atoms with Crippen molar-refractivity contribution in [3.63, 3.8) is 0 Å². The van der Waals surface area contributed by atoms with Gasteiger partial charge in [0.1, 0.15) is 5.75 Å². The van der Waals surface area contributed by atoms with Crippen LogP contribution in [0.2, 0.25) is 5.02 Å². The lowest BCUT2D eigenvalue weighted by atomic mass is 10.1. The molecule has 0 aliphatic heterocycles. The van der Waals surface area contributed by atoms with Gasteiger partial charge in [0.25, 0.3) is 0 Å². The van der Waals surface area contributed by atoms with Gasteiger partial charge in [-0.2, -0.15) is 0 Å². The van der Waals surface area contributed by atoms with E-state index in [4.69, 9.17) is 16.3 Å². The number of hydrogen-bond acceptors (Lipinski definition) is 6. The third-order valence-electron chi connectivity index (χ3n) is 3.93. The molecule has 0 spiro atoms. The van der Waals surface area contributed by atoms with Crippen molar-refractivity contribution in [1.82, 2.24) is 14.3 Å². The fourth-order valence-electron chi connectivity index (χ4n) is 2.42. The Hall–Kier alpha value is -1.71. The monoisotopic (exact) mass is 502 g/mol. The first-order chi connectivity index (χ1) is 14.0. The molecule has 2 N–H and O–H groups in total. The molecule has 10 heteroatoms. The fourth-order valence-corrected chi connectivity index (χ4v) is 3.49. The third kappa shape index (κ3) is 8.67. The second kappa shape index (κ2) is 12.8. The van der Waals surface area contributed by atoms with E-state index in [-0.39, 0.29) is 6.01 Å². The second-order valence-corrected chi connectivity index (χ2v) is 8.43. The van der Waals surface area contributed by atoms with Crippen LogP contribution in [0.5, 0.6) is 11.8 Å². The van der Waals surface area contributed by atoms with Crippen molar-refractivity contribution in [3.05, 3.63) is 40.1 Å². The smallest absolute Gasteiger partial charge is 0.418 e. The molecular weight excluding hydrogens is 480 g/mol. The van der Waals surface area contributed by atoms with Gasteiger partial charge < -0.3 is 14.6 Å². The minimum absolute atomic E-state index is 0.182. The number of amides is 1. The van der Waals surface area contributed by atoms with Crippen molar-refractivity contribution in [2.24, 2.45) is 0 Å². The number of unbranched alkanes of at least 4 members (excludes halogenated alkanes) is 5. The van der Waals surface area contributed by atoms with E-state index >= 15 is 0 Å². The summed E-state index contributed by atoms with van der Waals surface area (Å²) in [6.07, 6.45) is 8.81. The van der Waals surface area contributed by atoms with E-state index in [9.17, 15) is 9.90 Å². The minimum Gasteiger partial charge on any atom is -0.464 e. The summed E-state index contributed by atoms with van der Waals surface area (Å²) >= 11 is 10.5. The molecule has 0 atom stereocenters. The molecule has 0 radical (unpaired) electrons. The highest BCUT2D eigenvalue weighted by atomic mass is 79.9. The van der Waals surface area contributed by atoms with Gasteiger partial charge in [-0.05, 0) is 40.5 Å². The maximum Gasteiger partial charge on any atom is 0.418 e. The van der Waals surface area contributed by atoms with Crippen LogP contribution in [-0.2, 0) is 0 Å². The number of anilines is 1. The summed E-state index contributed by atoms with van der Waals surface area (Å²) in [4.78, 5) is 19.5. The maximum atomic E-state index is 11.4. The van der Waals surface area contributed by atoms with E-state index in [2.05, 4.69) is 37.5 Å². The first-order valence-corrected chi connectivity index (χ1v) is 11.3. The number of carbonyl (C=O) groups is 1. The van der Waals surface area contributed by atoms with Gasteiger partial charge in [-0.25, -0.2) is 19.1 Å². The van der Waals surface area contributed by atoms with Crippen LogP contribution in [0.4, 0.5) is 10.5 Å². The molecule has 158 valence electrons. The summed E-state index contributed by atoms with van der Waals surface area (Å²) < 4.78 is 10.6. The van der Waals surface area contributed by atoms with Crippen molar-refractivity contribution < 1.29 is 14.6 Å². The molecule has 0 bridgehead atoms. The van der Waals surface area contributed by atoms with E-state index < -0.39 is 6.09 Å². The molecule has 1 heterocycles. The lowest BCUT2D eigenvalue weighted by Gasteiger charge is -2.18. The summed E-state index contributed by atoms with van der Waals surface area (Å²) in [7, 11) is 0. The summed E-state index contributed by atoms with van der Waals surface area (Å²) in [5, 5.41) is 9.74. The molecule has 1 aromatic carbocycles. The van der Waals surface area contributed by atoms with Crippen LogP contribution in [0.3, 0.4) is 0 Å². The zero-order valence-corrected chi connectivity index (χ0v) is 19.3. The minimum atomic E-state index is -0.977. The number of ether oxygens (including phenoxy) is 1. The zero-order valence-electron chi connectivity index (χ0n) is 16.1.